The zero-order chi connectivity index (χ0) is 13.1. The molecule has 1 saturated heterocycles. The summed E-state index contributed by atoms with van der Waals surface area (Å²) in [6.07, 6.45) is 3.29. The van der Waals surface area contributed by atoms with Crippen LogP contribution in [-0.4, -0.2) is 55.1 Å². The fourth-order valence-electron chi connectivity index (χ4n) is 2.29. The summed E-state index contributed by atoms with van der Waals surface area (Å²) in [6.45, 7) is 1.67. The van der Waals surface area contributed by atoms with E-state index in [9.17, 15) is 4.39 Å². The van der Waals surface area contributed by atoms with Gasteiger partial charge in [0.15, 0.2) is 11.6 Å². The van der Waals surface area contributed by atoms with Gasteiger partial charge in [0.05, 0.1) is 6.20 Å². The predicted molar refractivity (Wildman–Crippen MR) is 70.5 cm³/mol. The topological polar surface area (TPSA) is 44.3 Å². The number of hydrogen-bond acceptors (Lipinski definition) is 5. The van der Waals surface area contributed by atoms with Crippen molar-refractivity contribution in [2.75, 3.05) is 44.4 Å². The molecule has 1 fully saturated rings. The Morgan fingerprint density at radius 1 is 1.39 bits per heavy atom. The van der Waals surface area contributed by atoms with Crippen LogP contribution in [0, 0.1) is 5.82 Å². The monoisotopic (exact) mass is 253 g/mol. The summed E-state index contributed by atoms with van der Waals surface area (Å²) in [5, 5.41) is 2.84. The number of anilines is 2. The van der Waals surface area contributed by atoms with Gasteiger partial charge < -0.3 is 15.1 Å². The molecule has 0 spiro atoms. The molecule has 0 unspecified atom stereocenters. The van der Waals surface area contributed by atoms with E-state index in [0.29, 0.717) is 17.8 Å². The molecule has 5 nitrogen and oxygen atoms in total. The van der Waals surface area contributed by atoms with Crippen LogP contribution in [0.25, 0.3) is 0 Å². The number of nitrogens with one attached hydrogen (secondary N) is 1. The number of halogens is 1. The van der Waals surface area contributed by atoms with Gasteiger partial charge in [-0.3, -0.25) is 0 Å². The van der Waals surface area contributed by atoms with E-state index < -0.39 is 0 Å². The molecule has 6 heteroatoms. The van der Waals surface area contributed by atoms with Gasteiger partial charge in [-0.2, -0.15) is 4.98 Å². The van der Waals surface area contributed by atoms with E-state index in [-0.39, 0.29) is 5.82 Å². The highest BCUT2D eigenvalue weighted by atomic mass is 19.1. The van der Waals surface area contributed by atoms with Gasteiger partial charge in [-0.1, -0.05) is 0 Å². The van der Waals surface area contributed by atoms with Crippen LogP contribution in [0.15, 0.2) is 6.20 Å². The highest BCUT2D eigenvalue weighted by Crippen LogP contribution is 2.22. The van der Waals surface area contributed by atoms with Gasteiger partial charge in [0, 0.05) is 26.2 Å². The zero-order valence-corrected chi connectivity index (χ0v) is 11.1. The van der Waals surface area contributed by atoms with Crippen molar-refractivity contribution in [3.05, 3.63) is 12.0 Å². The number of piperidine rings is 1. The molecule has 0 saturated carbocycles. The molecular weight excluding hydrogens is 233 g/mol. The van der Waals surface area contributed by atoms with E-state index in [1.54, 1.807) is 7.05 Å². The van der Waals surface area contributed by atoms with Crippen LogP contribution in [0.1, 0.15) is 12.8 Å². The molecule has 0 bridgehead atoms. The van der Waals surface area contributed by atoms with Gasteiger partial charge >= 0.3 is 0 Å². The lowest BCUT2D eigenvalue weighted by Crippen LogP contribution is -2.42. The number of rotatable bonds is 3. The summed E-state index contributed by atoms with van der Waals surface area (Å²) in [5.41, 5.74) is 0. The molecule has 18 heavy (non-hydrogen) atoms. The molecule has 1 aliphatic rings. The van der Waals surface area contributed by atoms with Crippen molar-refractivity contribution in [3.63, 3.8) is 0 Å². The van der Waals surface area contributed by atoms with Gasteiger partial charge in [0.2, 0.25) is 5.95 Å². The van der Waals surface area contributed by atoms with E-state index in [0.717, 1.165) is 25.9 Å². The Hall–Kier alpha value is -1.43. The summed E-state index contributed by atoms with van der Waals surface area (Å²) in [6, 6.07) is 0.579. The van der Waals surface area contributed by atoms with Crippen molar-refractivity contribution in [3.8, 4) is 0 Å². The SMILES string of the molecule is CNc1ncc(F)c(N2CCC(N(C)C)CC2)n1. The van der Waals surface area contributed by atoms with Crippen LogP contribution in [-0.2, 0) is 0 Å². The third kappa shape index (κ3) is 2.69. The fourth-order valence-corrected chi connectivity index (χ4v) is 2.29. The van der Waals surface area contributed by atoms with Gasteiger partial charge in [-0.25, -0.2) is 9.37 Å². The molecule has 1 aromatic heterocycles. The molecular formula is C12H20FN5. The zero-order valence-electron chi connectivity index (χ0n) is 11.1. The van der Waals surface area contributed by atoms with Crippen molar-refractivity contribution in [1.29, 1.82) is 0 Å². The van der Waals surface area contributed by atoms with Crippen LogP contribution in [0.3, 0.4) is 0 Å². The molecule has 0 amide bonds. The fraction of sp³-hybridized carbons (Fsp3) is 0.667. The molecule has 1 N–H and O–H groups in total. The minimum Gasteiger partial charge on any atom is -0.357 e. The van der Waals surface area contributed by atoms with Crippen molar-refractivity contribution in [1.82, 2.24) is 14.9 Å². The second kappa shape index (κ2) is 5.48. The van der Waals surface area contributed by atoms with E-state index in [1.807, 2.05) is 4.90 Å². The standard InChI is InChI=1S/C12H20FN5/c1-14-12-15-8-10(13)11(16-12)18-6-4-9(5-7-18)17(2)3/h8-9H,4-7H2,1-3H3,(H,14,15,16). The molecule has 2 heterocycles. The summed E-state index contributed by atoms with van der Waals surface area (Å²) < 4.78 is 13.7. The Morgan fingerprint density at radius 2 is 2.06 bits per heavy atom. The minimum atomic E-state index is -0.350. The van der Waals surface area contributed by atoms with E-state index in [2.05, 4.69) is 34.3 Å². The maximum absolute atomic E-state index is 13.7. The number of nitrogens with zero attached hydrogens (tertiary/aromatic N) is 4. The maximum Gasteiger partial charge on any atom is 0.224 e. The highest BCUT2D eigenvalue weighted by Gasteiger charge is 2.23. The quantitative estimate of drug-likeness (QED) is 0.876. The van der Waals surface area contributed by atoms with Crippen LogP contribution in [0.5, 0.6) is 0 Å². The third-order valence-corrected chi connectivity index (χ3v) is 3.44. The molecule has 1 aliphatic heterocycles. The lowest BCUT2D eigenvalue weighted by Gasteiger charge is -2.35. The van der Waals surface area contributed by atoms with Crippen molar-refractivity contribution in [2.24, 2.45) is 0 Å². The van der Waals surface area contributed by atoms with E-state index >= 15 is 0 Å². The normalized spacial score (nSPS) is 17.3. The highest BCUT2D eigenvalue weighted by molar-refractivity contribution is 5.44. The van der Waals surface area contributed by atoms with Crippen molar-refractivity contribution >= 4 is 11.8 Å². The Labute approximate surface area is 107 Å². The Balaban J connectivity index is 2.09. The van der Waals surface area contributed by atoms with Crippen LogP contribution in [0.4, 0.5) is 16.2 Å². The molecule has 1 aromatic rings. The Morgan fingerprint density at radius 3 is 2.61 bits per heavy atom. The summed E-state index contributed by atoms with van der Waals surface area (Å²) in [7, 11) is 5.91. The van der Waals surface area contributed by atoms with Gasteiger partial charge in [0.1, 0.15) is 0 Å². The second-order valence-electron chi connectivity index (χ2n) is 4.80. The molecule has 0 aromatic carbocycles. The van der Waals surface area contributed by atoms with Crippen molar-refractivity contribution in [2.45, 2.75) is 18.9 Å². The lowest BCUT2D eigenvalue weighted by molar-refractivity contribution is 0.249. The first-order valence-electron chi connectivity index (χ1n) is 6.23. The van der Waals surface area contributed by atoms with Gasteiger partial charge in [-0.15, -0.1) is 0 Å². The van der Waals surface area contributed by atoms with Gasteiger partial charge in [0.25, 0.3) is 0 Å². The molecule has 0 radical (unpaired) electrons. The lowest BCUT2D eigenvalue weighted by atomic mass is 10.0. The number of hydrogen-bond donors (Lipinski definition) is 1. The van der Waals surface area contributed by atoms with Crippen LogP contribution in [0.2, 0.25) is 0 Å². The van der Waals surface area contributed by atoms with E-state index in [1.165, 1.54) is 6.20 Å². The second-order valence-corrected chi connectivity index (χ2v) is 4.80. The smallest absolute Gasteiger partial charge is 0.224 e. The first-order valence-corrected chi connectivity index (χ1v) is 6.23. The van der Waals surface area contributed by atoms with Gasteiger partial charge in [-0.05, 0) is 26.9 Å². The number of aromatic nitrogens is 2. The molecule has 0 atom stereocenters. The summed E-state index contributed by atoms with van der Waals surface area (Å²) >= 11 is 0. The average Bonchev–Trinajstić information content (AvgIpc) is 2.39. The summed E-state index contributed by atoms with van der Waals surface area (Å²) in [5.74, 6) is 0.519. The first-order chi connectivity index (χ1) is 8.61. The molecule has 0 aliphatic carbocycles. The van der Waals surface area contributed by atoms with Crippen LogP contribution < -0.4 is 10.2 Å². The predicted octanol–water partition coefficient (Wildman–Crippen LogP) is 1.19. The molecule has 2 rings (SSSR count). The largest absolute Gasteiger partial charge is 0.357 e. The van der Waals surface area contributed by atoms with E-state index in [4.69, 9.17) is 0 Å². The van der Waals surface area contributed by atoms with Crippen LogP contribution >= 0.6 is 0 Å². The first kappa shape index (κ1) is 13.0. The summed E-state index contributed by atoms with van der Waals surface area (Å²) in [4.78, 5) is 12.3. The average molecular weight is 253 g/mol. The van der Waals surface area contributed by atoms with Crippen molar-refractivity contribution < 1.29 is 4.39 Å². The Bertz CT molecular complexity index is 401. The Kier molecular flexibility index (Phi) is 3.96. The maximum atomic E-state index is 13.7. The third-order valence-electron chi connectivity index (χ3n) is 3.44. The molecule has 100 valence electrons. The minimum absolute atomic E-state index is 0.350.